The van der Waals surface area contributed by atoms with E-state index in [1.54, 1.807) is 24.3 Å². The van der Waals surface area contributed by atoms with Gasteiger partial charge in [-0.2, -0.15) is 0 Å². The van der Waals surface area contributed by atoms with E-state index in [4.69, 9.17) is 0 Å². The maximum absolute atomic E-state index is 12.5. The smallest absolute Gasteiger partial charge is 0.319 e. The molecule has 0 spiro atoms. The van der Waals surface area contributed by atoms with E-state index in [9.17, 15) is 9.59 Å². The quantitative estimate of drug-likeness (QED) is 0.853. The Balaban J connectivity index is 1.50. The predicted octanol–water partition coefficient (Wildman–Crippen LogP) is 4.19. The van der Waals surface area contributed by atoms with Crippen LogP contribution in [0.4, 0.5) is 10.5 Å². The molecule has 0 aromatic heterocycles. The first kappa shape index (κ1) is 19.0. The number of rotatable bonds is 4. The number of hydrogen-bond donors (Lipinski definition) is 2. The zero-order valence-corrected chi connectivity index (χ0v) is 16.0. The SMILES string of the molecule is Cc1ccc(CNC(=O)Nc2ccc(C(=O)N3CCC(C)CC3)cc2)cc1. The molecule has 1 aliphatic heterocycles. The van der Waals surface area contributed by atoms with Gasteiger partial charge in [0.2, 0.25) is 0 Å². The van der Waals surface area contributed by atoms with Crippen molar-refractivity contribution >= 4 is 17.6 Å². The van der Waals surface area contributed by atoms with E-state index in [-0.39, 0.29) is 11.9 Å². The van der Waals surface area contributed by atoms with Crippen molar-refractivity contribution in [3.8, 4) is 0 Å². The Kier molecular flexibility index (Phi) is 6.12. The van der Waals surface area contributed by atoms with E-state index in [1.165, 1.54) is 5.56 Å². The van der Waals surface area contributed by atoms with Crippen LogP contribution >= 0.6 is 0 Å². The molecule has 142 valence electrons. The summed E-state index contributed by atoms with van der Waals surface area (Å²) in [7, 11) is 0. The summed E-state index contributed by atoms with van der Waals surface area (Å²) < 4.78 is 0. The normalized spacial score (nSPS) is 14.7. The number of anilines is 1. The molecule has 1 heterocycles. The highest BCUT2D eigenvalue weighted by atomic mass is 16.2. The Morgan fingerprint density at radius 1 is 1.00 bits per heavy atom. The maximum atomic E-state index is 12.5. The summed E-state index contributed by atoms with van der Waals surface area (Å²) in [5, 5.41) is 5.63. The summed E-state index contributed by atoms with van der Waals surface area (Å²) >= 11 is 0. The average molecular weight is 365 g/mol. The number of urea groups is 1. The number of nitrogens with zero attached hydrogens (tertiary/aromatic N) is 1. The molecule has 1 aliphatic rings. The average Bonchev–Trinajstić information content (AvgIpc) is 2.68. The molecule has 5 heteroatoms. The van der Waals surface area contributed by atoms with Crippen molar-refractivity contribution in [3.63, 3.8) is 0 Å². The number of aryl methyl sites for hydroxylation is 1. The molecule has 2 N–H and O–H groups in total. The van der Waals surface area contributed by atoms with Crippen molar-refractivity contribution < 1.29 is 9.59 Å². The second-order valence-corrected chi connectivity index (χ2v) is 7.35. The zero-order chi connectivity index (χ0) is 19.2. The number of carbonyl (C=O) groups is 2. The van der Waals surface area contributed by atoms with E-state index in [0.717, 1.165) is 31.5 Å². The van der Waals surface area contributed by atoms with Crippen LogP contribution in [0.5, 0.6) is 0 Å². The Bertz CT molecular complexity index is 776. The van der Waals surface area contributed by atoms with Crippen LogP contribution in [0.1, 0.15) is 41.3 Å². The lowest BCUT2D eigenvalue weighted by atomic mass is 9.98. The Morgan fingerprint density at radius 2 is 1.63 bits per heavy atom. The van der Waals surface area contributed by atoms with Crippen LogP contribution in [0.15, 0.2) is 48.5 Å². The summed E-state index contributed by atoms with van der Waals surface area (Å²) in [6.45, 7) is 6.37. The molecular formula is C22H27N3O2. The zero-order valence-electron chi connectivity index (χ0n) is 16.0. The lowest BCUT2D eigenvalue weighted by molar-refractivity contribution is 0.0697. The van der Waals surface area contributed by atoms with Gasteiger partial charge in [0.05, 0.1) is 0 Å². The van der Waals surface area contributed by atoms with Gasteiger partial charge in [-0.25, -0.2) is 4.79 Å². The van der Waals surface area contributed by atoms with E-state index in [0.29, 0.717) is 23.7 Å². The van der Waals surface area contributed by atoms with Gasteiger partial charge in [-0.05, 0) is 55.5 Å². The van der Waals surface area contributed by atoms with Crippen molar-refractivity contribution in [1.29, 1.82) is 0 Å². The van der Waals surface area contributed by atoms with Crippen molar-refractivity contribution in [3.05, 3.63) is 65.2 Å². The van der Waals surface area contributed by atoms with Gasteiger partial charge in [0.1, 0.15) is 0 Å². The van der Waals surface area contributed by atoms with Gasteiger partial charge in [0.15, 0.2) is 0 Å². The fourth-order valence-electron chi connectivity index (χ4n) is 3.15. The molecule has 5 nitrogen and oxygen atoms in total. The van der Waals surface area contributed by atoms with Crippen molar-refractivity contribution in [1.82, 2.24) is 10.2 Å². The van der Waals surface area contributed by atoms with E-state index >= 15 is 0 Å². The third-order valence-corrected chi connectivity index (χ3v) is 5.03. The van der Waals surface area contributed by atoms with Gasteiger partial charge in [-0.3, -0.25) is 4.79 Å². The van der Waals surface area contributed by atoms with Crippen LogP contribution in [0.3, 0.4) is 0 Å². The molecular weight excluding hydrogens is 338 g/mol. The highest BCUT2D eigenvalue weighted by molar-refractivity contribution is 5.95. The van der Waals surface area contributed by atoms with Crippen molar-refractivity contribution in [2.24, 2.45) is 5.92 Å². The molecule has 0 atom stereocenters. The van der Waals surface area contributed by atoms with Gasteiger partial charge in [-0.15, -0.1) is 0 Å². The molecule has 0 radical (unpaired) electrons. The number of piperidine rings is 1. The summed E-state index contributed by atoms with van der Waals surface area (Å²) in [4.78, 5) is 26.5. The molecule has 0 unspecified atom stereocenters. The molecule has 2 aromatic rings. The minimum atomic E-state index is -0.264. The van der Waals surface area contributed by atoms with Crippen LogP contribution in [0.2, 0.25) is 0 Å². The molecule has 1 saturated heterocycles. The molecule has 0 aliphatic carbocycles. The van der Waals surface area contributed by atoms with Crippen LogP contribution in [0.25, 0.3) is 0 Å². The topological polar surface area (TPSA) is 61.4 Å². The van der Waals surface area contributed by atoms with Crippen LogP contribution < -0.4 is 10.6 Å². The first-order valence-corrected chi connectivity index (χ1v) is 9.51. The summed E-state index contributed by atoms with van der Waals surface area (Å²) in [6.07, 6.45) is 2.12. The summed E-state index contributed by atoms with van der Waals surface area (Å²) in [5.74, 6) is 0.760. The first-order chi connectivity index (χ1) is 13.0. The minimum absolute atomic E-state index is 0.0669. The number of likely N-dealkylation sites (tertiary alicyclic amines) is 1. The molecule has 3 amide bonds. The third kappa shape index (κ3) is 5.33. The summed E-state index contributed by atoms with van der Waals surface area (Å²) in [5.41, 5.74) is 3.57. The number of carbonyl (C=O) groups excluding carboxylic acids is 2. The van der Waals surface area contributed by atoms with E-state index in [1.807, 2.05) is 36.1 Å². The predicted molar refractivity (Wildman–Crippen MR) is 108 cm³/mol. The Morgan fingerprint density at radius 3 is 2.26 bits per heavy atom. The third-order valence-electron chi connectivity index (χ3n) is 5.03. The fourth-order valence-corrected chi connectivity index (χ4v) is 3.15. The van der Waals surface area contributed by atoms with E-state index in [2.05, 4.69) is 17.6 Å². The Labute approximate surface area is 160 Å². The largest absolute Gasteiger partial charge is 0.339 e. The van der Waals surface area contributed by atoms with Gasteiger partial charge in [0.25, 0.3) is 5.91 Å². The number of nitrogens with one attached hydrogen (secondary N) is 2. The molecule has 1 fully saturated rings. The second-order valence-electron chi connectivity index (χ2n) is 7.35. The lowest BCUT2D eigenvalue weighted by Crippen LogP contribution is -2.37. The van der Waals surface area contributed by atoms with Gasteiger partial charge in [0, 0.05) is 30.9 Å². The van der Waals surface area contributed by atoms with Crippen LogP contribution in [-0.2, 0) is 6.54 Å². The first-order valence-electron chi connectivity index (χ1n) is 9.51. The maximum Gasteiger partial charge on any atom is 0.319 e. The number of amides is 3. The Hall–Kier alpha value is -2.82. The van der Waals surface area contributed by atoms with E-state index < -0.39 is 0 Å². The molecule has 3 rings (SSSR count). The fraction of sp³-hybridized carbons (Fsp3) is 0.364. The molecule has 2 aromatic carbocycles. The monoisotopic (exact) mass is 365 g/mol. The second kappa shape index (κ2) is 8.71. The van der Waals surface area contributed by atoms with Gasteiger partial charge in [-0.1, -0.05) is 36.8 Å². The molecule has 0 saturated carbocycles. The summed E-state index contributed by atoms with van der Waals surface area (Å²) in [6, 6.07) is 14.9. The highest BCUT2D eigenvalue weighted by Crippen LogP contribution is 2.19. The van der Waals surface area contributed by atoms with Gasteiger partial charge < -0.3 is 15.5 Å². The van der Waals surface area contributed by atoms with Crippen molar-refractivity contribution in [2.45, 2.75) is 33.2 Å². The number of hydrogen-bond acceptors (Lipinski definition) is 2. The number of benzene rings is 2. The van der Waals surface area contributed by atoms with Crippen LogP contribution in [-0.4, -0.2) is 29.9 Å². The minimum Gasteiger partial charge on any atom is -0.339 e. The molecule has 27 heavy (non-hydrogen) atoms. The van der Waals surface area contributed by atoms with Crippen molar-refractivity contribution in [2.75, 3.05) is 18.4 Å². The van der Waals surface area contributed by atoms with Gasteiger partial charge >= 0.3 is 6.03 Å². The standard InChI is InChI=1S/C22H27N3O2/c1-16-3-5-18(6-4-16)15-23-22(27)24-20-9-7-19(8-10-20)21(26)25-13-11-17(2)12-14-25/h3-10,17H,11-15H2,1-2H3,(H2,23,24,27). The molecule has 0 bridgehead atoms. The highest BCUT2D eigenvalue weighted by Gasteiger charge is 2.21. The van der Waals surface area contributed by atoms with Crippen LogP contribution in [0, 0.1) is 12.8 Å². The lowest BCUT2D eigenvalue weighted by Gasteiger charge is -2.30.